The predicted octanol–water partition coefficient (Wildman–Crippen LogP) is 2.33. The SMILES string of the molecule is C=CCN1C(=O)C[C@H](c2cc(C)cc(C)c2)C1=O. The van der Waals surface area contributed by atoms with Crippen LogP contribution in [-0.2, 0) is 9.59 Å². The molecular formula is C15H17NO2. The highest BCUT2D eigenvalue weighted by Gasteiger charge is 2.38. The Morgan fingerprint density at radius 1 is 1.28 bits per heavy atom. The fourth-order valence-electron chi connectivity index (χ4n) is 2.48. The van der Waals surface area contributed by atoms with Crippen LogP contribution in [0.4, 0.5) is 0 Å². The van der Waals surface area contributed by atoms with Gasteiger partial charge in [0.1, 0.15) is 0 Å². The Labute approximate surface area is 107 Å². The fraction of sp³-hybridized carbons (Fsp3) is 0.333. The van der Waals surface area contributed by atoms with E-state index in [1.807, 2.05) is 26.0 Å². The van der Waals surface area contributed by atoms with Gasteiger partial charge in [-0.05, 0) is 19.4 Å². The zero-order valence-corrected chi connectivity index (χ0v) is 10.8. The van der Waals surface area contributed by atoms with Crippen molar-refractivity contribution in [2.45, 2.75) is 26.2 Å². The van der Waals surface area contributed by atoms with Gasteiger partial charge in [-0.25, -0.2) is 0 Å². The van der Waals surface area contributed by atoms with Crippen molar-refractivity contribution in [2.24, 2.45) is 0 Å². The van der Waals surface area contributed by atoms with Crippen LogP contribution in [0.15, 0.2) is 30.9 Å². The summed E-state index contributed by atoms with van der Waals surface area (Å²) in [5.74, 6) is -0.537. The van der Waals surface area contributed by atoms with Crippen molar-refractivity contribution in [1.82, 2.24) is 4.90 Å². The molecule has 0 saturated carbocycles. The topological polar surface area (TPSA) is 37.4 Å². The van der Waals surface area contributed by atoms with E-state index >= 15 is 0 Å². The van der Waals surface area contributed by atoms with E-state index in [0.717, 1.165) is 16.7 Å². The summed E-state index contributed by atoms with van der Waals surface area (Å²) in [5, 5.41) is 0. The maximum absolute atomic E-state index is 12.2. The third kappa shape index (κ3) is 2.21. The first-order chi connectivity index (χ1) is 8.52. The molecule has 18 heavy (non-hydrogen) atoms. The molecule has 0 spiro atoms. The van der Waals surface area contributed by atoms with Gasteiger partial charge in [0.05, 0.1) is 5.92 Å². The van der Waals surface area contributed by atoms with Gasteiger partial charge in [0.15, 0.2) is 0 Å². The maximum atomic E-state index is 12.2. The highest BCUT2D eigenvalue weighted by Crippen LogP contribution is 2.30. The number of nitrogens with zero attached hydrogens (tertiary/aromatic N) is 1. The molecule has 1 aromatic carbocycles. The third-order valence-corrected chi connectivity index (χ3v) is 3.20. The van der Waals surface area contributed by atoms with Gasteiger partial charge < -0.3 is 0 Å². The van der Waals surface area contributed by atoms with Crippen molar-refractivity contribution in [3.05, 3.63) is 47.5 Å². The second-order valence-electron chi connectivity index (χ2n) is 4.81. The van der Waals surface area contributed by atoms with Gasteiger partial charge in [0, 0.05) is 13.0 Å². The van der Waals surface area contributed by atoms with Crippen LogP contribution in [0.2, 0.25) is 0 Å². The normalized spacial score (nSPS) is 19.4. The Hall–Kier alpha value is -1.90. The average Bonchev–Trinajstić information content (AvgIpc) is 2.56. The number of likely N-dealkylation sites (tertiary alicyclic amines) is 1. The van der Waals surface area contributed by atoms with Gasteiger partial charge >= 0.3 is 0 Å². The van der Waals surface area contributed by atoms with Crippen molar-refractivity contribution < 1.29 is 9.59 Å². The number of carbonyl (C=O) groups is 2. The minimum atomic E-state index is -0.323. The van der Waals surface area contributed by atoms with Gasteiger partial charge in [-0.15, -0.1) is 6.58 Å². The fourth-order valence-corrected chi connectivity index (χ4v) is 2.48. The quantitative estimate of drug-likeness (QED) is 0.603. The van der Waals surface area contributed by atoms with E-state index in [9.17, 15) is 9.59 Å². The van der Waals surface area contributed by atoms with Crippen LogP contribution in [0.3, 0.4) is 0 Å². The number of carbonyl (C=O) groups excluding carboxylic acids is 2. The molecule has 0 aliphatic carbocycles. The Morgan fingerprint density at radius 2 is 1.89 bits per heavy atom. The lowest BCUT2D eigenvalue weighted by atomic mass is 9.94. The molecule has 2 rings (SSSR count). The summed E-state index contributed by atoms with van der Waals surface area (Å²) in [6, 6.07) is 6.03. The van der Waals surface area contributed by atoms with Crippen LogP contribution in [0.25, 0.3) is 0 Å². The lowest BCUT2D eigenvalue weighted by molar-refractivity contribution is -0.138. The molecule has 2 amide bonds. The highest BCUT2D eigenvalue weighted by molar-refractivity contribution is 6.06. The van der Waals surface area contributed by atoms with E-state index in [0.29, 0.717) is 6.54 Å². The molecule has 3 heteroatoms. The molecule has 3 nitrogen and oxygen atoms in total. The first-order valence-electron chi connectivity index (χ1n) is 6.06. The van der Waals surface area contributed by atoms with E-state index in [4.69, 9.17) is 0 Å². The number of aryl methyl sites for hydroxylation is 2. The molecule has 1 aliphatic heterocycles. The minimum Gasteiger partial charge on any atom is -0.278 e. The van der Waals surface area contributed by atoms with Crippen LogP contribution in [0, 0.1) is 13.8 Å². The summed E-state index contributed by atoms with van der Waals surface area (Å²) in [6.45, 7) is 7.88. The van der Waals surface area contributed by atoms with Gasteiger partial charge in [-0.3, -0.25) is 14.5 Å². The molecule has 94 valence electrons. The second-order valence-corrected chi connectivity index (χ2v) is 4.81. The van der Waals surface area contributed by atoms with E-state index in [-0.39, 0.29) is 24.2 Å². The van der Waals surface area contributed by atoms with Crippen molar-refractivity contribution in [1.29, 1.82) is 0 Å². The van der Waals surface area contributed by atoms with Crippen LogP contribution in [0.1, 0.15) is 29.0 Å². The Kier molecular flexibility index (Phi) is 3.32. The molecule has 0 N–H and O–H groups in total. The van der Waals surface area contributed by atoms with Crippen LogP contribution < -0.4 is 0 Å². The largest absolute Gasteiger partial charge is 0.278 e. The lowest BCUT2D eigenvalue weighted by Gasteiger charge is -2.13. The smallest absolute Gasteiger partial charge is 0.237 e. The number of hydrogen-bond donors (Lipinski definition) is 0. The maximum Gasteiger partial charge on any atom is 0.237 e. The number of hydrogen-bond acceptors (Lipinski definition) is 2. The second kappa shape index (κ2) is 4.77. The summed E-state index contributed by atoms with van der Waals surface area (Å²) in [6.07, 6.45) is 1.86. The molecule has 0 bridgehead atoms. The number of imide groups is 1. The van der Waals surface area contributed by atoms with E-state index in [1.165, 1.54) is 4.90 Å². The van der Waals surface area contributed by atoms with E-state index < -0.39 is 0 Å². The summed E-state index contributed by atoms with van der Waals surface area (Å²) in [5.41, 5.74) is 3.18. The molecule has 1 saturated heterocycles. The van der Waals surface area contributed by atoms with Crippen molar-refractivity contribution >= 4 is 11.8 Å². The Morgan fingerprint density at radius 3 is 2.44 bits per heavy atom. The van der Waals surface area contributed by atoms with Gasteiger partial charge in [-0.1, -0.05) is 35.4 Å². The molecule has 1 fully saturated rings. The Bertz CT molecular complexity index is 499. The number of amides is 2. The zero-order valence-electron chi connectivity index (χ0n) is 10.8. The third-order valence-electron chi connectivity index (χ3n) is 3.20. The summed E-state index contributed by atoms with van der Waals surface area (Å²) < 4.78 is 0. The molecule has 0 radical (unpaired) electrons. The van der Waals surface area contributed by atoms with Crippen LogP contribution in [-0.4, -0.2) is 23.3 Å². The standard InChI is InChI=1S/C15H17NO2/c1-4-5-16-14(17)9-13(15(16)18)12-7-10(2)6-11(3)8-12/h4,6-8,13H,1,5,9H2,2-3H3/t13-/m1/s1. The van der Waals surface area contributed by atoms with Gasteiger partial charge in [0.25, 0.3) is 0 Å². The molecular weight excluding hydrogens is 226 g/mol. The first kappa shape index (κ1) is 12.6. The first-order valence-corrected chi connectivity index (χ1v) is 6.06. The predicted molar refractivity (Wildman–Crippen MR) is 70.2 cm³/mol. The highest BCUT2D eigenvalue weighted by atomic mass is 16.2. The summed E-state index contributed by atoms with van der Waals surface area (Å²) in [7, 11) is 0. The van der Waals surface area contributed by atoms with Crippen LogP contribution >= 0.6 is 0 Å². The number of benzene rings is 1. The zero-order chi connectivity index (χ0) is 13.3. The Balaban J connectivity index is 2.32. The molecule has 1 aromatic rings. The van der Waals surface area contributed by atoms with Crippen molar-refractivity contribution in [3.63, 3.8) is 0 Å². The van der Waals surface area contributed by atoms with Crippen LogP contribution in [0.5, 0.6) is 0 Å². The lowest BCUT2D eigenvalue weighted by Crippen LogP contribution is -2.30. The molecule has 1 atom stereocenters. The van der Waals surface area contributed by atoms with E-state index in [2.05, 4.69) is 12.6 Å². The minimum absolute atomic E-state index is 0.107. The molecule has 1 aliphatic rings. The van der Waals surface area contributed by atoms with Crippen molar-refractivity contribution in [3.8, 4) is 0 Å². The number of rotatable bonds is 3. The van der Waals surface area contributed by atoms with Crippen molar-refractivity contribution in [2.75, 3.05) is 6.54 Å². The van der Waals surface area contributed by atoms with Gasteiger partial charge in [0.2, 0.25) is 11.8 Å². The van der Waals surface area contributed by atoms with E-state index in [1.54, 1.807) is 6.08 Å². The molecule has 0 aromatic heterocycles. The summed E-state index contributed by atoms with van der Waals surface area (Å²) in [4.78, 5) is 25.3. The average molecular weight is 243 g/mol. The monoisotopic (exact) mass is 243 g/mol. The van der Waals surface area contributed by atoms with Gasteiger partial charge in [-0.2, -0.15) is 0 Å². The molecule has 1 heterocycles. The summed E-state index contributed by atoms with van der Waals surface area (Å²) >= 11 is 0. The molecule has 0 unspecified atom stereocenters.